The normalized spacial score (nSPS) is 25.4. The number of esters is 2. The molecule has 80 heavy (non-hydrogen) atoms. The van der Waals surface area contributed by atoms with Crippen molar-refractivity contribution in [3.05, 3.63) is 171 Å². The Bertz CT molecular complexity index is 3600. The number of pyridine rings is 2. The first-order valence-corrected chi connectivity index (χ1v) is 25.9. The minimum atomic E-state index is -4.67. The minimum absolute atomic E-state index is 0.00256. The van der Waals surface area contributed by atoms with Crippen LogP contribution in [0.3, 0.4) is 0 Å². The number of carbonyl (C=O) groups excluding carboxylic acids is 2. The number of nitrogens with two attached hydrogens (primary N) is 1. The summed E-state index contributed by atoms with van der Waals surface area (Å²) in [6.45, 7) is 16.6. The molecule has 4 aliphatic rings. The fourth-order valence-corrected chi connectivity index (χ4v) is 12.4. The standard InChI is InChI=1S/C30H24F4N4O3S.C22H16F4N4O2S.H2O4S/c1-28(21-13-18(7-11-22(21)31)14-23(32)24-12-8-19(35-2)16-36-24)25-29(26(39)41-4,30(25,33)34)42-27(38-28)37-15-17-5-9-20(40-3)10-6-17;1-20(17-21(18(31)32-3,22(17,25)26)33-19(27)30-20)13-8-11(4-6-14(13)23)9-15(24)16-7-5-12(28-2)10-29-16;1-5(2,3)4/h5-14,16,25H,15H2,1,3-4H3,(H,37,38);4-10,17H,1,3H3,(H2,27,30);(H2,1,2,3,4)/b23-14-;15-9-;/t25-,28+,29-;17-,20+,21-;/m00./s1. The molecule has 0 amide bonds. The zero-order chi connectivity index (χ0) is 59.0. The number of nitrogens with one attached hydrogen (secondary N) is 1. The van der Waals surface area contributed by atoms with Crippen molar-refractivity contribution in [1.29, 1.82) is 0 Å². The molecular weight excluding hydrogens is 1130 g/mol. The molecule has 5 N–H and O–H groups in total. The van der Waals surface area contributed by atoms with E-state index in [1.165, 1.54) is 81.9 Å². The maximum Gasteiger partial charge on any atom is 0.394 e. The molecular formula is C52H42F8N8O9S3. The van der Waals surface area contributed by atoms with Crippen molar-refractivity contribution in [1.82, 2.24) is 15.3 Å². The van der Waals surface area contributed by atoms with Gasteiger partial charge in [0.25, 0.3) is 11.8 Å². The lowest BCUT2D eigenvalue weighted by molar-refractivity contribution is -0.144. The van der Waals surface area contributed by atoms with Crippen LogP contribution in [0.5, 0.6) is 5.75 Å². The van der Waals surface area contributed by atoms with Crippen molar-refractivity contribution in [2.24, 2.45) is 27.6 Å². The molecule has 2 aliphatic carbocycles. The highest BCUT2D eigenvalue weighted by atomic mass is 32.3. The molecule has 0 unspecified atom stereocenters. The van der Waals surface area contributed by atoms with Gasteiger partial charge in [-0.05, 0) is 91.2 Å². The predicted molar refractivity (Wildman–Crippen MR) is 281 cm³/mol. The van der Waals surface area contributed by atoms with Crippen LogP contribution in [0.2, 0.25) is 0 Å². The third-order valence-corrected chi connectivity index (χ3v) is 15.9. The van der Waals surface area contributed by atoms with Gasteiger partial charge in [-0.2, -0.15) is 8.42 Å². The molecule has 0 radical (unpaired) electrons. The number of benzene rings is 3. The largest absolute Gasteiger partial charge is 0.497 e. The molecule has 418 valence electrons. The van der Waals surface area contributed by atoms with Crippen molar-refractivity contribution < 1.29 is 76.4 Å². The summed E-state index contributed by atoms with van der Waals surface area (Å²) in [6.07, 6.45) is 4.55. The van der Waals surface area contributed by atoms with Gasteiger partial charge in [0.2, 0.25) is 11.4 Å². The van der Waals surface area contributed by atoms with Crippen molar-refractivity contribution in [3.8, 4) is 5.75 Å². The Morgan fingerprint density at radius 3 is 1.66 bits per heavy atom. The molecule has 4 heterocycles. The smallest absolute Gasteiger partial charge is 0.394 e. The number of rotatable bonds is 11. The number of fused-ring (bicyclic) bond motifs is 2. The Kier molecular flexibility index (Phi) is 16.7. The molecule has 3 fully saturated rings. The highest BCUT2D eigenvalue weighted by Gasteiger charge is 2.93. The number of aromatic nitrogens is 2. The summed E-state index contributed by atoms with van der Waals surface area (Å²) in [5.41, 5.74) is 2.99. The Morgan fingerprint density at radius 2 is 1.21 bits per heavy atom. The molecule has 0 spiro atoms. The quantitative estimate of drug-likeness (QED) is 0.0417. The molecule has 5 aromatic rings. The number of thioether (sulfide) groups is 2. The van der Waals surface area contributed by atoms with E-state index in [9.17, 15) is 27.2 Å². The van der Waals surface area contributed by atoms with Crippen LogP contribution in [-0.4, -0.2) is 92.4 Å². The fourth-order valence-electron chi connectivity index (χ4n) is 9.46. The highest BCUT2D eigenvalue weighted by Crippen LogP contribution is 2.76. The van der Waals surface area contributed by atoms with Crippen LogP contribution < -0.4 is 15.8 Å². The van der Waals surface area contributed by atoms with E-state index in [0.29, 0.717) is 29.3 Å². The van der Waals surface area contributed by atoms with Crippen molar-refractivity contribution in [3.63, 3.8) is 0 Å². The summed E-state index contributed by atoms with van der Waals surface area (Å²) in [6, 6.07) is 19.4. The molecule has 6 atom stereocenters. The van der Waals surface area contributed by atoms with E-state index in [0.717, 1.165) is 44.1 Å². The molecule has 3 aromatic carbocycles. The average Bonchev–Trinajstić information content (AvgIpc) is 4.38. The SMILES string of the molecule is O=S(=O)(O)O.[C-]#[N+]c1ccc(/C(F)=C/c2ccc(F)c([C@@]3(C)N=C(N)S[C@]4(C(=O)OC)[C@H]3C4(F)F)c2)nc1.[C-]#[N+]c1ccc(/C(F)=C/c2ccc(F)c([C@@]3(C)NC(=NCc4ccc(OC)cc4)S[C@]4(C(=O)OC)[C@H]3C4(F)F)c2)nc1. The Labute approximate surface area is 459 Å². The number of carbonyl (C=O) groups is 2. The Morgan fingerprint density at radius 1 is 0.750 bits per heavy atom. The van der Waals surface area contributed by atoms with Gasteiger partial charge in [-0.15, -0.1) is 0 Å². The van der Waals surface area contributed by atoms with Crippen LogP contribution in [-0.2, 0) is 47.1 Å². The lowest BCUT2D eigenvalue weighted by atomic mass is 9.84. The summed E-state index contributed by atoms with van der Waals surface area (Å²) >= 11 is 0.958. The van der Waals surface area contributed by atoms with Crippen LogP contribution in [0.15, 0.2) is 107 Å². The van der Waals surface area contributed by atoms with Gasteiger partial charge in [0.15, 0.2) is 19.8 Å². The highest BCUT2D eigenvalue weighted by molar-refractivity contribution is 8.16. The second-order valence-corrected chi connectivity index (χ2v) is 21.5. The zero-order valence-corrected chi connectivity index (χ0v) is 44.5. The molecule has 2 aromatic heterocycles. The lowest BCUT2D eigenvalue weighted by Crippen LogP contribution is -2.52. The van der Waals surface area contributed by atoms with E-state index in [-0.39, 0.29) is 61.9 Å². The number of alkyl halides is 4. The van der Waals surface area contributed by atoms with Gasteiger partial charge in [-0.3, -0.25) is 38.6 Å². The summed E-state index contributed by atoms with van der Waals surface area (Å²) < 4.78 is 163. The number of halogens is 8. The van der Waals surface area contributed by atoms with Crippen LogP contribution in [0.4, 0.5) is 46.5 Å². The van der Waals surface area contributed by atoms with Crippen molar-refractivity contribution in [2.75, 3.05) is 21.3 Å². The molecule has 28 heteroatoms. The van der Waals surface area contributed by atoms with E-state index in [2.05, 4.69) is 39.7 Å². The molecule has 2 aliphatic heterocycles. The first-order valence-electron chi connectivity index (χ1n) is 22.8. The molecule has 1 saturated heterocycles. The maximum atomic E-state index is 15.7. The van der Waals surface area contributed by atoms with E-state index in [1.807, 2.05) is 0 Å². The predicted octanol–water partition coefficient (Wildman–Crippen LogP) is 10.6. The lowest BCUT2D eigenvalue weighted by Gasteiger charge is -2.38. The molecule has 17 nitrogen and oxygen atoms in total. The average molecular weight is 1170 g/mol. The number of methoxy groups -OCH3 is 3. The third kappa shape index (κ3) is 11.2. The molecule has 0 bridgehead atoms. The Balaban J connectivity index is 0.000000218. The first-order chi connectivity index (χ1) is 37.5. The summed E-state index contributed by atoms with van der Waals surface area (Å²) in [5, 5.41) is 2.65. The van der Waals surface area contributed by atoms with E-state index in [1.54, 1.807) is 24.3 Å². The van der Waals surface area contributed by atoms with E-state index >= 15 is 17.6 Å². The van der Waals surface area contributed by atoms with Crippen LogP contribution >= 0.6 is 23.5 Å². The van der Waals surface area contributed by atoms with Gasteiger partial charge in [-0.25, -0.2) is 44.8 Å². The fraction of sp³-hybridized carbons (Fsp3) is 0.269. The van der Waals surface area contributed by atoms with Gasteiger partial charge < -0.3 is 25.3 Å². The van der Waals surface area contributed by atoms with Crippen LogP contribution in [0, 0.1) is 36.6 Å². The first kappa shape index (κ1) is 59.8. The number of hydrogen-bond donors (Lipinski definition) is 4. The van der Waals surface area contributed by atoms with Crippen molar-refractivity contribution in [2.45, 2.75) is 52.8 Å². The number of ether oxygens (including phenoxy) is 3. The summed E-state index contributed by atoms with van der Waals surface area (Å²) in [7, 11) is -1.14. The minimum Gasteiger partial charge on any atom is -0.497 e. The van der Waals surface area contributed by atoms with Crippen LogP contribution in [0.25, 0.3) is 33.5 Å². The summed E-state index contributed by atoms with van der Waals surface area (Å²) in [5.74, 6) is -15.5. The van der Waals surface area contributed by atoms with Gasteiger partial charge in [0.1, 0.15) is 29.0 Å². The van der Waals surface area contributed by atoms with Gasteiger partial charge in [-0.1, -0.05) is 59.9 Å². The molecule has 2 saturated carbocycles. The number of nitrogens with zero attached hydrogens (tertiary/aromatic N) is 6. The topological polar surface area (TPSA) is 234 Å². The van der Waals surface area contributed by atoms with E-state index in [4.69, 9.17) is 45.9 Å². The maximum absolute atomic E-state index is 15.7. The number of amidine groups is 2. The second kappa shape index (κ2) is 22.3. The number of hydrogen-bond acceptors (Lipinski definition) is 14. The van der Waals surface area contributed by atoms with Crippen molar-refractivity contribution >= 4 is 91.4 Å². The summed E-state index contributed by atoms with van der Waals surface area (Å²) in [4.78, 5) is 47.9. The molecule has 9 rings (SSSR count). The van der Waals surface area contributed by atoms with Gasteiger partial charge >= 0.3 is 22.3 Å². The number of aliphatic imine (C=N–C) groups is 2. The monoisotopic (exact) mass is 1170 g/mol. The Hall–Kier alpha value is -7.89. The van der Waals surface area contributed by atoms with Crippen LogP contribution in [0.1, 0.15) is 53.1 Å². The second-order valence-electron chi connectivity index (χ2n) is 18.1. The van der Waals surface area contributed by atoms with Gasteiger partial charge in [0, 0.05) is 23.5 Å². The van der Waals surface area contributed by atoms with E-state index < -0.39 is 89.9 Å². The third-order valence-electron chi connectivity index (χ3n) is 13.2. The van der Waals surface area contributed by atoms with Gasteiger partial charge in [0.05, 0.1) is 75.3 Å². The zero-order valence-electron chi connectivity index (χ0n) is 42.0.